The molecule has 1 aliphatic rings. The number of nitrogens with one attached hydrogen (secondary N) is 1. The van der Waals surface area contributed by atoms with Gasteiger partial charge in [-0.15, -0.1) is 0 Å². The fraction of sp³-hybridized carbons (Fsp3) is 0.429. The lowest BCUT2D eigenvalue weighted by Gasteiger charge is -2.13. The Morgan fingerprint density at radius 1 is 1.31 bits per heavy atom. The van der Waals surface area contributed by atoms with Crippen molar-refractivity contribution in [3.05, 3.63) is 47.5 Å². The van der Waals surface area contributed by atoms with E-state index < -0.39 is 12.8 Å². The number of rotatable bonds is 9. The molecule has 0 unspecified atom stereocenters. The van der Waals surface area contributed by atoms with Crippen LogP contribution in [0.3, 0.4) is 0 Å². The summed E-state index contributed by atoms with van der Waals surface area (Å²) in [6, 6.07) is 3.50. The lowest BCUT2D eigenvalue weighted by molar-refractivity contribution is -0.154. The SMILES string of the molecule is O=C(NCCCO)c1nccc2nn(Cc3cnc(OCC(F)(F)F)c(C4CC4)c3)cc12. The van der Waals surface area contributed by atoms with Gasteiger partial charge in [-0.05, 0) is 42.9 Å². The summed E-state index contributed by atoms with van der Waals surface area (Å²) in [4.78, 5) is 20.7. The molecule has 1 fully saturated rings. The highest BCUT2D eigenvalue weighted by molar-refractivity contribution is 6.04. The van der Waals surface area contributed by atoms with Crippen LogP contribution in [0.15, 0.2) is 30.7 Å². The number of carbonyl (C=O) groups is 1. The number of hydrogen-bond donors (Lipinski definition) is 2. The van der Waals surface area contributed by atoms with Crippen molar-refractivity contribution in [2.75, 3.05) is 19.8 Å². The second-order valence-electron chi connectivity index (χ2n) is 7.67. The van der Waals surface area contributed by atoms with Gasteiger partial charge in [0.25, 0.3) is 5.91 Å². The minimum Gasteiger partial charge on any atom is -0.468 e. The number of halogens is 3. The maximum Gasteiger partial charge on any atom is 0.422 e. The van der Waals surface area contributed by atoms with Gasteiger partial charge in [0.15, 0.2) is 6.61 Å². The molecule has 1 amide bonds. The van der Waals surface area contributed by atoms with E-state index >= 15 is 0 Å². The van der Waals surface area contributed by atoms with Gasteiger partial charge in [0.1, 0.15) is 5.69 Å². The predicted octanol–water partition coefficient (Wildman–Crippen LogP) is 2.81. The van der Waals surface area contributed by atoms with Gasteiger partial charge in [0, 0.05) is 37.3 Å². The Morgan fingerprint density at radius 2 is 2.12 bits per heavy atom. The van der Waals surface area contributed by atoms with E-state index in [1.165, 1.54) is 12.4 Å². The first-order valence-electron chi connectivity index (χ1n) is 10.2. The normalized spacial score (nSPS) is 14.0. The molecule has 3 aromatic rings. The molecule has 4 rings (SSSR count). The van der Waals surface area contributed by atoms with E-state index in [0.717, 1.165) is 18.4 Å². The molecule has 0 radical (unpaired) electrons. The average Bonchev–Trinajstić information content (AvgIpc) is 3.51. The van der Waals surface area contributed by atoms with Crippen molar-refractivity contribution in [3.8, 4) is 5.88 Å². The van der Waals surface area contributed by atoms with Crippen LogP contribution in [-0.4, -0.2) is 56.7 Å². The largest absolute Gasteiger partial charge is 0.468 e. The molecule has 3 heterocycles. The molecule has 32 heavy (non-hydrogen) atoms. The first kappa shape index (κ1) is 22.0. The Hall–Kier alpha value is -3.21. The van der Waals surface area contributed by atoms with Gasteiger partial charge in [-0.3, -0.25) is 14.5 Å². The number of nitrogens with zero attached hydrogens (tertiary/aromatic N) is 4. The summed E-state index contributed by atoms with van der Waals surface area (Å²) in [5.74, 6) is -0.182. The van der Waals surface area contributed by atoms with Crippen molar-refractivity contribution >= 4 is 16.8 Å². The highest BCUT2D eigenvalue weighted by Crippen LogP contribution is 2.44. The van der Waals surface area contributed by atoms with Crippen LogP contribution in [0.2, 0.25) is 0 Å². The van der Waals surface area contributed by atoms with E-state index in [-0.39, 0.29) is 30.0 Å². The van der Waals surface area contributed by atoms with Crippen molar-refractivity contribution in [2.24, 2.45) is 0 Å². The van der Waals surface area contributed by atoms with Crippen LogP contribution >= 0.6 is 0 Å². The minimum absolute atomic E-state index is 0.0187. The highest BCUT2D eigenvalue weighted by Gasteiger charge is 2.32. The lowest BCUT2D eigenvalue weighted by atomic mass is 10.1. The zero-order chi connectivity index (χ0) is 22.7. The number of hydrogen-bond acceptors (Lipinski definition) is 6. The molecular formula is C21H22F3N5O3. The van der Waals surface area contributed by atoms with Gasteiger partial charge in [-0.25, -0.2) is 4.98 Å². The molecule has 0 aromatic carbocycles. The Balaban J connectivity index is 1.54. The number of alkyl halides is 3. The van der Waals surface area contributed by atoms with Crippen LogP contribution in [0.5, 0.6) is 5.88 Å². The van der Waals surface area contributed by atoms with Crippen LogP contribution in [0.25, 0.3) is 10.9 Å². The summed E-state index contributed by atoms with van der Waals surface area (Å²) in [6.45, 7) is -0.737. The molecular weight excluding hydrogens is 427 g/mol. The number of aliphatic hydroxyl groups excluding tert-OH is 1. The van der Waals surface area contributed by atoms with E-state index in [2.05, 4.69) is 20.4 Å². The third kappa shape index (κ3) is 5.34. The maximum absolute atomic E-state index is 12.5. The number of pyridine rings is 2. The molecule has 1 saturated carbocycles. The molecule has 0 aliphatic heterocycles. The predicted molar refractivity (Wildman–Crippen MR) is 108 cm³/mol. The van der Waals surface area contributed by atoms with E-state index in [4.69, 9.17) is 9.84 Å². The van der Waals surface area contributed by atoms with Gasteiger partial charge >= 0.3 is 6.18 Å². The third-order valence-corrected chi connectivity index (χ3v) is 4.99. The molecule has 2 N–H and O–H groups in total. The van der Waals surface area contributed by atoms with Crippen LogP contribution in [0.1, 0.15) is 46.8 Å². The van der Waals surface area contributed by atoms with E-state index in [9.17, 15) is 18.0 Å². The van der Waals surface area contributed by atoms with Crippen LogP contribution in [0, 0.1) is 0 Å². The van der Waals surface area contributed by atoms with E-state index in [1.54, 1.807) is 16.9 Å². The molecule has 0 saturated heterocycles. The number of carbonyl (C=O) groups excluding carboxylic acids is 1. The standard InChI is InChI=1S/C21H22F3N5O3/c22-21(23,24)12-32-20-15(14-2-3-14)8-13(9-27-20)10-29-11-16-17(28-29)4-6-25-18(16)19(31)26-5-1-7-30/h4,6,8-9,11,14,30H,1-3,5,7,10,12H2,(H,26,31). The second-order valence-corrected chi connectivity index (χ2v) is 7.67. The van der Waals surface area contributed by atoms with E-state index in [1.807, 2.05) is 6.07 Å². The molecule has 11 heteroatoms. The summed E-state index contributed by atoms with van der Waals surface area (Å²) in [6.07, 6.45) is 2.48. The minimum atomic E-state index is -4.42. The van der Waals surface area contributed by atoms with Crippen molar-refractivity contribution in [1.82, 2.24) is 25.1 Å². The first-order valence-corrected chi connectivity index (χ1v) is 10.2. The van der Waals surface area contributed by atoms with Gasteiger partial charge in [-0.2, -0.15) is 18.3 Å². The molecule has 1 aliphatic carbocycles. The molecule has 0 bridgehead atoms. The topological polar surface area (TPSA) is 102 Å². The van der Waals surface area contributed by atoms with Crippen LogP contribution in [0.4, 0.5) is 13.2 Å². The zero-order valence-electron chi connectivity index (χ0n) is 17.1. The number of aromatic nitrogens is 4. The zero-order valence-corrected chi connectivity index (χ0v) is 17.1. The highest BCUT2D eigenvalue weighted by atomic mass is 19.4. The van der Waals surface area contributed by atoms with Gasteiger partial charge in [0.2, 0.25) is 5.88 Å². The van der Waals surface area contributed by atoms with Crippen molar-refractivity contribution in [2.45, 2.75) is 37.9 Å². The molecule has 0 atom stereocenters. The molecule has 8 nitrogen and oxygen atoms in total. The Morgan fingerprint density at radius 3 is 2.84 bits per heavy atom. The second kappa shape index (κ2) is 9.11. The fourth-order valence-corrected chi connectivity index (χ4v) is 3.37. The Labute approximate surface area is 181 Å². The van der Waals surface area contributed by atoms with Gasteiger partial charge in [-0.1, -0.05) is 0 Å². The van der Waals surface area contributed by atoms with Crippen LogP contribution in [-0.2, 0) is 6.54 Å². The number of amides is 1. The maximum atomic E-state index is 12.5. The van der Waals surface area contributed by atoms with E-state index in [0.29, 0.717) is 36.0 Å². The van der Waals surface area contributed by atoms with Crippen LogP contribution < -0.4 is 10.1 Å². The monoisotopic (exact) mass is 449 g/mol. The summed E-state index contributed by atoms with van der Waals surface area (Å²) >= 11 is 0. The summed E-state index contributed by atoms with van der Waals surface area (Å²) in [5.41, 5.74) is 2.27. The lowest BCUT2D eigenvalue weighted by Crippen LogP contribution is -2.26. The molecule has 3 aromatic heterocycles. The van der Waals surface area contributed by atoms with Crippen molar-refractivity contribution < 1.29 is 27.8 Å². The third-order valence-electron chi connectivity index (χ3n) is 4.99. The first-order chi connectivity index (χ1) is 15.3. The molecule has 170 valence electrons. The Kier molecular flexibility index (Phi) is 6.26. The van der Waals surface area contributed by atoms with Gasteiger partial charge in [0.05, 0.1) is 17.4 Å². The smallest absolute Gasteiger partial charge is 0.422 e. The number of ether oxygens (including phenoxy) is 1. The van der Waals surface area contributed by atoms with Crippen molar-refractivity contribution in [1.29, 1.82) is 0 Å². The Bertz CT molecular complexity index is 1110. The van der Waals surface area contributed by atoms with Gasteiger partial charge < -0.3 is 15.2 Å². The average molecular weight is 449 g/mol. The fourth-order valence-electron chi connectivity index (χ4n) is 3.37. The number of fused-ring (bicyclic) bond motifs is 1. The molecule has 0 spiro atoms. The summed E-state index contributed by atoms with van der Waals surface area (Å²) < 4.78 is 44.1. The number of aliphatic hydroxyl groups is 1. The summed E-state index contributed by atoms with van der Waals surface area (Å²) in [5, 5.41) is 16.6. The summed E-state index contributed by atoms with van der Waals surface area (Å²) in [7, 11) is 0. The quantitative estimate of drug-likeness (QED) is 0.487. The van der Waals surface area contributed by atoms with Crippen molar-refractivity contribution in [3.63, 3.8) is 0 Å².